The molecule has 1 amide bonds. The third-order valence-corrected chi connectivity index (χ3v) is 4.92. The van der Waals surface area contributed by atoms with Crippen LogP contribution in [0.15, 0.2) is 16.2 Å². The van der Waals surface area contributed by atoms with Crippen molar-refractivity contribution >= 4 is 33.2 Å². The average molecular weight is 377 g/mol. The largest absolute Gasteiger partial charge is 0.383 e. The maximum atomic E-state index is 12.8. The van der Waals surface area contributed by atoms with Crippen molar-refractivity contribution in [3.05, 3.63) is 27.6 Å². The Hall–Kier alpha value is -2.26. The summed E-state index contributed by atoms with van der Waals surface area (Å²) < 4.78 is 9.19. The molecule has 3 rings (SSSR count). The number of nitrogens with zero attached hydrogens (tertiary/aromatic N) is 4. The van der Waals surface area contributed by atoms with Crippen LogP contribution in [-0.2, 0) is 22.5 Å². The van der Waals surface area contributed by atoms with Crippen molar-refractivity contribution in [2.24, 2.45) is 5.92 Å². The van der Waals surface area contributed by atoms with Crippen LogP contribution in [-0.4, -0.2) is 45.3 Å². The van der Waals surface area contributed by atoms with Crippen LogP contribution >= 0.6 is 11.3 Å². The zero-order valence-corrected chi connectivity index (χ0v) is 16.0. The zero-order chi connectivity index (χ0) is 18.7. The fourth-order valence-corrected chi connectivity index (χ4v) is 3.70. The van der Waals surface area contributed by atoms with Crippen LogP contribution in [0.4, 0.5) is 0 Å². The molecular weight excluding hydrogens is 354 g/mol. The number of amides is 1. The first-order valence-electron chi connectivity index (χ1n) is 8.62. The van der Waals surface area contributed by atoms with Gasteiger partial charge in [-0.15, -0.1) is 21.5 Å². The summed E-state index contributed by atoms with van der Waals surface area (Å²) in [4.78, 5) is 24.7. The Morgan fingerprint density at radius 3 is 2.92 bits per heavy atom. The van der Waals surface area contributed by atoms with Gasteiger partial charge in [-0.25, -0.2) is 0 Å². The minimum atomic E-state index is -0.0594. The fourth-order valence-electron chi connectivity index (χ4n) is 2.88. The molecule has 26 heavy (non-hydrogen) atoms. The van der Waals surface area contributed by atoms with Crippen molar-refractivity contribution in [1.82, 2.24) is 24.5 Å². The Morgan fingerprint density at radius 1 is 1.38 bits per heavy atom. The summed E-state index contributed by atoms with van der Waals surface area (Å²) in [6, 6.07) is 1.90. The highest BCUT2D eigenvalue weighted by Crippen LogP contribution is 2.20. The third kappa shape index (κ3) is 3.63. The van der Waals surface area contributed by atoms with Crippen LogP contribution in [0, 0.1) is 5.92 Å². The van der Waals surface area contributed by atoms with Gasteiger partial charge in [-0.2, -0.15) is 0 Å². The van der Waals surface area contributed by atoms with E-state index in [1.165, 1.54) is 11.3 Å². The van der Waals surface area contributed by atoms with Crippen LogP contribution in [0.1, 0.15) is 26.1 Å². The van der Waals surface area contributed by atoms with E-state index in [2.05, 4.69) is 29.4 Å². The molecule has 0 spiro atoms. The van der Waals surface area contributed by atoms with Gasteiger partial charge in [0.15, 0.2) is 0 Å². The van der Waals surface area contributed by atoms with Crippen molar-refractivity contribution in [3.63, 3.8) is 0 Å². The van der Waals surface area contributed by atoms with Gasteiger partial charge in [0.25, 0.3) is 5.56 Å². The normalized spacial score (nSPS) is 11.7. The Kier molecular flexibility index (Phi) is 5.67. The molecule has 3 aromatic heterocycles. The Bertz CT molecular complexity index is 972. The second kappa shape index (κ2) is 7.96. The number of methoxy groups -OCH3 is 1. The molecule has 0 saturated heterocycles. The molecule has 0 fully saturated rings. The number of fused-ring (bicyclic) bond motifs is 3. The number of hydrogen-bond donors (Lipinski definition) is 1. The summed E-state index contributed by atoms with van der Waals surface area (Å²) in [5.74, 6) is 1.46. The lowest BCUT2D eigenvalue weighted by atomic mass is 10.2. The van der Waals surface area contributed by atoms with Crippen LogP contribution in [0.3, 0.4) is 0 Å². The first kappa shape index (κ1) is 18.5. The van der Waals surface area contributed by atoms with Gasteiger partial charge in [-0.1, -0.05) is 13.8 Å². The fraction of sp³-hybridized carbons (Fsp3) is 0.529. The van der Waals surface area contributed by atoms with Crippen LogP contribution in [0.5, 0.6) is 0 Å². The lowest BCUT2D eigenvalue weighted by Crippen LogP contribution is -2.27. The first-order chi connectivity index (χ1) is 12.5. The van der Waals surface area contributed by atoms with Crippen molar-refractivity contribution in [3.8, 4) is 0 Å². The number of aromatic nitrogens is 4. The SMILES string of the molecule is COCCNC(=O)CCc1nnc2n(CC(C)C)c(=O)c3sccc3n12. The van der Waals surface area contributed by atoms with Gasteiger partial charge in [-0.3, -0.25) is 18.6 Å². The summed E-state index contributed by atoms with van der Waals surface area (Å²) in [7, 11) is 1.59. The van der Waals surface area contributed by atoms with E-state index in [1.807, 2.05) is 15.8 Å². The molecule has 1 N–H and O–H groups in total. The second-order valence-corrected chi connectivity index (χ2v) is 7.46. The topological polar surface area (TPSA) is 90.5 Å². The molecule has 140 valence electrons. The van der Waals surface area contributed by atoms with Crippen LogP contribution < -0.4 is 10.9 Å². The molecule has 0 saturated carbocycles. The Labute approximate surface area is 154 Å². The van der Waals surface area contributed by atoms with E-state index < -0.39 is 0 Å². The van der Waals surface area contributed by atoms with E-state index in [1.54, 1.807) is 11.7 Å². The van der Waals surface area contributed by atoms with E-state index in [4.69, 9.17) is 4.74 Å². The highest BCUT2D eigenvalue weighted by molar-refractivity contribution is 7.17. The monoisotopic (exact) mass is 377 g/mol. The van der Waals surface area contributed by atoms with E-state index >= 15 is 0 Å². The molecule has 0 aliphatic rings. The predicted molar refractivity (Wildman–Crippen MR) is 101 cm³/mol. The number of thiophene rings is 1. The summed E-state index contributed by atoms with van der Waals surface area (Å²) >= 11 is 1.42. The number of aryl methyl sites for hydroxylation is 1. The van der Waals surface area contributed by atoms with Crippen molar-refractivity contribution in [2.45, 2.75) is 33.2 Å². The minimum Gasteiger partial charge on any atom is -0.383 e. The zero-order valence-electron chi connectivity index (χ0n) is 15.2. The lowest BCUT2D eigenvalue weighted by molar-refractivity contribution is -0.121. The van der Waals surface area contributed by atoms with Crippen LogP contribution in [0.25, 0.3) is 16.0 Å². The van der Waals surface area contributed by atoms with Crippen molar-refractivity contribution in [1.29, 1.82) is 0 Å². The lowest BCUT2D eigenvalue weighted by Gasteiger charge is -2.11. The number of ether oxygens (including phenoxy) is 1. The summed E-state index contributed by atoms with van der Waals surface area (Å²) in [6.45, 7) is 5.66. The average Bonchev–Trinajstić information content (AvgIpc) is 3.23. The molecule has 0 unspecified atom stereocenters. The molecule has 0 aromatic carbocycles. The first-order valence-corrected chi connectivity index (χ1v) is 9.50. The van der Waals surface area contributed by atoms with Gasteiger partial charge in [-0.05, 0) is 17.4 Å². The summed E-state index contributed by atoms with van der Waals surface area (Å²) in [5, 5.41) is 13.2. The highest BCUT2D eigenvalue weighted by Gasteiger charge is 2.18. The highest BCUT2D eigenvalue weighted by atomic mass is 32.1. The number of rotatable bonds is 8. The molecule has 3 heterocycles. The van der Waals surface area contributed by atoms with Gasteiger partial charge in [0.05, 0.1) is 12.1 Å². The predicted octanol–water partition coefficient (Wildman–Crippen LogP) is 1.46. The van der Waals surface area contributed by atoms with E-state index in [0.29, 0.717) is 54.8 Å². The second-order valence-electron chi connectivity index (χ2n) is 6.54. The molecule has 8 nitrogen and oxygen atoms in total. The molecule has 0 atom stereocenters. The van der Waals surface area contributed by atoms with Gasteiger partial charge in [0.1, 0.15) is 10.5 Å². The maximum Gasteiger partial charge on any atom is 0.272 e. The molecule has 0 aliphatic carbocycles. The van der Waals surface area contributed by atoms with Gasteiger partial charge >= 0.3 is 0 Å². The molecule has 9 heteroatoms. The van der Waals surface area contributed by atoms with Gasteiger partial charge < -0.3 is 10.1 Å². The minimum absolute atomic E-state index is 0.0348. The van der Waals surface area contributed by atoms with Crippen LogP contribution in [0.2, 0.25) is 0 Å². The smallest absolute Gasteiger partial charge is 0.272 e. The number of hydrogen-bond acceptors (Lipinski definition) is 6. The number of carbonyl (C=O) groups excluding carboxylic acids is 1. The Morgan fingerprint density at radius 2 is 2.19 bits per heavy atom. The van der Waals surface area contributed by atoms with E-state index in [0.717, 1.165) is 5.52 Å². The molecule has 0 bridgehead atoms. The van der Waals surface area contributed by atoms with Crippen molar-refractivity contribution in [2.75, 3.05) is 20.3 Å². The number of carbonyl (C=O) groups is 1. The number of nitrogens with one attached hydrogen (secondary N) is 1. The molecule has 0 aliphatic heterocycles. The molecule has 0 radical (unpaired) electrons. The quantitative estimate of drug-likeness (QED) is 0.600. The summed E-state index contributed by atoms with van der Waals surface area (Å²) in [5.41, 5.74) is 0.766. The van der Waals surface area contributed by atoms with E-state index in [-0.39, 0.29) is 11.5 Å². The van der Waals surface area contributed by atoms with Gasteiger partial charge in [0.2, 0.25) is 11.7 Å². The van der Waals surface area contributed by atoms with Gasteiger partial charge in [0, 0.05) is 33.0 Å². The van der Waals surface area contributed by atoms with E-state index in [9.17, 15) is 9.59 Å². The standard InChI is InChI=1S/C17H23N5O3S/c1-11(2)10-21-16(24)15-12(6-9-26-15)22-13(19-20-17(21)22)4-5-14(23)18-7-8-25-3/h6,9,11H,4-5,7-8,10H2,1-3H3,(H,18,23). The summed E-state index contributed by atoms with van der Waals surface area (Å²) in [6.07, 6.45) is 0.754. The Balaban J connectivity index is 1.94. The maximum absolute atomic E-state index is 12.8. The molecular formula is C17H23N5O3S. The molecule has 3 aromatic rings. The third-order valence-electron chi connectivity index (χ3n) is 4.03. The van der Waals surface area contributed by atoms with Crippen molar-refractivity contribution < 1.29 is 9.53 Å².